The summed E-state index contributed by atoms with van der Waals surface area (Å²) in [5.74, 6) is 0. The van der Waals surface area contributed by atoms with Gasteiger partial charge in [0.15, 0.2) is 6.29 Å². The van der Waals surface area contributed by atoms with Gasteiger partial charge in [-0.2, -0.15) is 5.10 Å². The highest BCUT2D eigenvalue weighted by atomic mass is 16.1. The average molecular weight is 250 g/mol. The molecule has 0 aliphatic heterocycles. The number of rotatable bonds is 9. The summed E-state index contributed by atoms with van der Waals surface area (Å²) < 4.78 is 1.98. The van der Waals surface area contributed by atoms with E-state index in [1.807, 2.05) is 18.5 Å². The fraction of sp³-hybridized carbons (Fsp3) is 0.733. The van der Waals surface area contributed by atoms with Crippen LogP contribution in [0, 0.1) is 13.8 Å². The molecular formula is C15H26N2O. The second kappa shape index (κ2) is 8.06. The van der Waals surface area contributed by atoms with Crippen molar-refractivity contribution in [1.82, 2.24) is 9.78 Å². The maximum absolute atomic E-state index is 10.9. The molecule has 3 heteroatoms. The quantitative estimate of drug-likeness (QED) is 0.489. The Balaban J connectivity index is 2.25. The third-order valence-electron chi connectivity index (χ3n) is 3.53. The van der Waals surface area contributed by atoms with Crippen LogP contribution in [0.1, 0.15) is 73.6 Å². The number of nitrogens with zero attached hydrogens (tertiary/aromatic N) is 2. The zero-order valence-electron chi connectivity index (χ0n) is 12.0. The van der Waals surface area contributed by atoms with Crippen LogP contribution < -0.4 is 0 Å². The Morgan fingerprint density at radius 1 is 1.06 bits per heavy atom. The van der Waals surface area contributed by atoms with Crippen molar-refractivity contribution in [2.45, 2.75) is 72.3 Å². The third-order valence-corrected chi connectivity index (χ3v) is 3.53. The lowest BCUT2D eigenvalue weighted by molar-refractivity contribution is 0.112. The van der Waals surface area contributed by atoms with Crippen LogP contribution in [0.4, 0.5) is 0 Å². The van der Waals surface area contributed by atoms with Gasteiger partial charge in [0.05, 0.1) is 11.3 Å². The summed E-state index contributed by atoms with van der Waals surface area (Å²) >= 11 is 0. The molecule has 0 N–H and O–H groups in total. The SMILES string of the molecule is CCCCCCCCCn1nc(C)c(C=O)c1C. The number of hydrogen-bond acceptors (Lipinski definition) is 2. The fourth-order valence-electron chi connectivity index (χ4n) is 2.32. The Labute approximate surface area is 111 Å². The largest absolute Gasteiger partial charge is 0.298 e. The van der Waals surface area contributed by atoms with E-state index < -0.39 is 0 Å². The molecular weight excluding hydrogens is 224 g/mol. The zero-order valence-corrected chi connectivity index (χ0v) is 12.0. The molecule has 3 nitrogen and oxygen atoms in total. The third kappa shape index (κ3) is 4.28. The molecule has 0 amide bonds. The first-order valence-corrected chi connectivity index (χ1v) is 7.19. The predicted octanol–water partition coefficient (Wildman–Crippen LogP) is 4.06. The van der Waals surface area contributed by atoms with Crippen molar-refractivity contribution in [3.8, 4) is 0 Å². The molecule has 0 aliphatic rings. The molecule has 18 heavy (non-hydrogen) atoms. The van der Waals surface area contributed by atoms with E-state index in [4.69, 9.17) is 0 Å². The maximum Gasteiger partial charge on any atom is 0.153 e. The van der Waals surface area contributed by atoms with Gasteiger partial charge in [0.1, 0.15) is 0 Å². The number of unbranched alkanes of at least 4 members (excludes halogenated alkanes) is 6. The first kappa shape index (κ1) is 14.9. The number of carbonyl (C=O) groups is 1. The average Bonchev–Trinajstić information content (AvgIpc) is 2.63. The zero-order chi connectivity index (χ0) is 13.4. The molecule has 0 atom stereocenters. The highest BCUT2D eigenvalue weighted by molar-refractivity contribution is 5.77. The number of aromatic nitrogens is 2. The van der Waals surface area contributed by atoms with E-state index in [1.165, 1.54) is 38.5 Å². The van der Waals surface area contributed by atoms with Gasteiger partial charge in [-0.1, -0.05) is 45.4 Å². The number of aldehydes is 1. The number of carbonyl (C=O) groups excluding carboxylic acids is 1. The van der Waals surface area contributed by atoms with Crippen molar-refractivity contribution in [3.05, 3.63) is 17.0 Å². The maximum atomic E-state index is 10.9. The summed E-state index contributed by atoms with van der Waals surface area (Å²) in [6.45, 7) is 7.06. The van der Waals surface area contributed by atoms with Gasteiger partial charge in [0.25, 0.3) is 0 Å². The summed E-state index contributed by atoms with van der Waals surface area (Å²) in [5, 5.41) is 4.41. The first-order valence-electron chi connectivity index (χ1n) is 7.19. The molecule has 1 rings (SSSR count). The summed E-state index contributed by atoms with van der Waals surface area (Å²) in [6, 6.07) is 0. The minimum atomic E-state index is 0.762. The molecule has 1 aromatic heterocycles. The Morgan fingerprint density at radius 3 is 2.22 bits per heavy atom. The standard InChI is InChI=1S/C15H26N2O/c1-4-5-6-7-8-9-10-11-17-14(3)15(12-18)13(2)16-17/h12H,4-11H2,1-3H3. The van der Waals surface area contributed by atoms with Gasteiger partial charge in [0.2, 0.25) is 0 Å². The van der Waals surface area contributed by atoms with Crippen LogP contribution in [0.25, 0.3) is 0 Å². The minimum Gasteiger partial charge on any atom is -0.298 e. The number of hydrogen-bond donors (Lipinski definition) is 0. The summed E-state index contributed by atoms with van der Waals surface area (Å²) in [4.78, 5) is 10.9. The molecule has 102 valence electrons. The molecule has 1 heterocycles. The lowest BCUT2D eigenvalue weighted by Crippen LogP contribution is -2.03. The summed E-state index contributed by atoms with van der Waals surface area (Å²) in [6.07, 6.45) is 10.0. The highest BCUT2D eigenvalue weighted by Gasteiger charge is 2.09. The molecule has 0 aliphatic carbocycles. The fourth-order valence-corrected chi connectivity index (χ4v) is 2.32. The Kier molecular flexibility index (Phi) is 6.69. The predicted molar refractivity (Wildman–Crippen MR) is 75.1 cm³/mol. The summed E-state index contributed by atoms with van der Waals surface area (Å²) in [7, 11) is 0. The molecule has 0 fully saturated rings. The van der Waals surface area contributed by atoms with Crippen molar-refractivity contribution >= 4 is 6.29 Å². The van der Waals surface area contributed by atoms with Crippen LogP contribution in [-0.4, -0.2) is 16.1 Å². The Morgan fingerprint density at radius 2 is 1.67 bits per heavy atom. The van der Waals surface area contributed by atoms with Crippen LogP contribution >= 0.6 is 0 Å². The van der Waals surface area contributed by atoms with Gasteiger partial charge in [-0.15, -0.1) is 0 Å². The van der Waals surface area contributed by atoms with Crippen molar-refractivity contribution in [2.24, 2.45) is 0 Å². The molecule has 0 saturated heterocycles. The van der Waals surface area contributed by atoms with E-state index in [2.05, 4.69) is 12.0 Å². The first-order chi connectivity index (χ1) is 8.70. The lowest BCUT2D eigenvalue weighted by Gasteiger charge is -2.04. The topological polar surface area (TPSA) is 34.9 Å². The van der Waals surface area contributed by atoms with E-state index in [0.717, 1.165) is 36.2 Å². The Bertz CT molecular complexity index is 369. The van der Waals surface area contributed by atoms with Crippen LogP contribution in [0.2, 0.25) is 0 Å². The molecule has 0 saturated carbocycles. The van der Waals surface area contributed by atoms with Crippen LogP contribution in [0.5, 0.6) is 0 Å². The van der Waals surface area contributed by atoms with Gasteiger partial charge in [0, 0.05) is 12.2 Å². The van der Waals surface area contributed by atoms with Crippen molar-refractivity contribution in [2.75, 3.05) is 0 Å². The molecule has 0 unspecified atom stereocenters. The summed E-state index contributed by atoms with van der Waals surface area (Å²) in [5.41, 5.74) is 2.62. The smallest absolute Gasteiger partial charge is 0.153 e. The molecule has 0 spiro atoms. The van der Waals surface area contributed by atoms with Gasteiger partial charge in [-0.25, -0.2) is 0 Å². The second-order valence-electron chi connectivity index (χ2n) is 5.05. The highest BCUT2D eigenvalue weighted by Crippen LogP contribution is 2.12. The minimum absolute atomic E-state index is 0.762. The number of aryl methyl sites for hydroxylation is 2. The van der Waals surface area contributed by atoms with Crippen molar-refractivity contribution < 1.29 is 4.79 Å². The van der Waals surface area contributed by atoms with Crippen LogP contribution in [0.15, 0.2) is 0 Å². The van der Waals surface area contributed by atoms with Crippen LogP contribution in [-0.2, 0) is 6.54 Å². The second-order valence-corrected chi connectivity index (χ2v) is 5.05. The lowest BCUT2D eigenvalue weighted by atomic mass is 10.1. The van der Waals surface area contributed by atoms with Crippen LogP contribution in [0.3, 0.4) is 0 Å². The van der Waals surface area contributed by atoms with Gasteiger partial charge >= 0.3 is 0 Å². The Hall–Kier alpha value is -1.12. The van der Waals surface area contributed by atoms with E-state index in [9.17, 15) is 4.79 Å². The van der Waals surface area contributed by atoms with Crippen molar-refractivity contribution in [3.63, 3.8) is 0 Å². The van der Waals surface area contributed by atoms with E-state index in [-0.39, 0.29) is 0 Å². The molecule has 0 aromatic carbocycles. The molecule has 0 radical (unpaired) electrons. The molecule has 0 bridgehead atoms. The van der Waals surface area contributed by atoms with Gasteiger partial charge in [-0.3, -0.25) is 9.48 Å². The molecule has 1 aromatic rings. The van der Waals surface area contributed by atoms with Crippen molar-refractivity contribution in [1.29, 1.82) is 0 Å². The van der Waals surface area contributed by atoms with E-state index >= 15 is 0 Å². The van der Waals surface area contributed by atoms with E-state index in [0.29, 0.717) is 0 Å². The van der Waals surface area contributed by atoms with Gasteiger partial charge < -0.3 is 0 Å². The normalized spacial score (nSPS) is 10.8. The van der Waals surface area contributed by atoms with E-state index in [1.54, 1.807) is 0 Å². The van der Waals surface area contributed by atoms with Gasteiger partial charge in [-0.05, 0) is 20.3 Å². The monoisotopic (exact) mass is 250 g/mol.